The number of nitrogen functional groups attached to an aromatic ring is 1. The topological polar surface area (TPSA) is 55.0 Å². The van der Waals surface area contributed by atoms with E-state index in [1.165, 1.54) is 6.33 Å². The Kier molecular flexibility index (Phi) is 3.05. The van der Waals surface area contributed by atoms with Gasteiger partial charge in [-0.1, -0.05) is 18.2 Å². The van der Waals surface area contributed by atoms with Gasteiger partial charge in [0, 0.05) is 12.7 Å². The summed E-state index contributed by atoms with van der Waals surface area (Å²) in [6.07, 6.45) is 1.45. The first-order chi connectivity index (χ1) is 7.70. The summed E-state index contributed by atoms with van der Waals surface area (Å²) in [6.45, 7) is 0. The third kappa shape index (κ3) is 1.99. The smallest absolute Gasteiger partial charge is 0.152 e. The molecule has 0 unspecified atom stereocenters. The zero-order chi connectivity index (χ0) is 11.5. The summed E-state index contributed by atoms with van der Waals surface area (Å²) in [6, 6.07) is 9.94. The van der Waals surface area contributed by atoms with Crippen molar-refractivity contribution >= 4 is 33.3 Å². The molecular formula is C11H11BrN4. The van der Waals surface area contributed by atoms with Crippen molar-refractivity contribution in [2.24, 2.45) is 0 Å². The first-order valence-corrected chi connectivity index (χ1v) is 5.54. The van der Waals surface area contributed by atoms with Crippen molar-refractivity contribution in [3.63, 3.8) is 0 Å². The third-order valence-corrected chi connectivity index (χ3v) is 3.02. The van der Waals surface area contributed by atoms with Crippen molar-refractivity contribution < 1.29 is 0 Å². The highest BCUT2D eigenvalue weighted by molar-refractivity contribution is 9.10. The fourth-order valence-electron chi connectivity index (χ4n) is 1.38. The SMILES string of the molecule is CN(c1ccccc1)c1ncnc(N)c1Br. The van der Waals surface area contributed by atoms with E-state index < -0.39 is 0 Å². The van der Waals surface area contributed by atoms with Crippen molar-refractivity contribution in [1.82, 2.24) is 9.97 Å². The Balaban J connectivity index is 2.42. The van der Waals surface area contributed by atoms with Gasteiger partial charge in [-0.2, -0.15) is 0 Å². The number of benzene rings is 1. The monoisotopic (exact) mass is 278 g/mol. The Morgan fingerprint density at radius 1 is 1.19 bits per heavy atom. The second-order valence-corrected chi connectivity index (χ2v) is 4.08. The summed E-state index contributed by atoms with van der Waals surface area (Å²) in [4.78, 5) is 10.1. The molecule has 2 aromatic rings. The Bertz CT molecular complexity index is 487. The summed E-state index contributed by atoms with van der Waals surface area (Å²) < 4.78 is 0.710. The lowest BCUT2D eigenvalue weighted by Gasteiger charge is -2.19. The number of nitrogens with two attached hydrogens (primary N) is 1. The van der Waals surface area contributed by atoms with E-state index in [1.54, 1.807) is 0 Å². The molecule has 0 atom stereocenters. The van der Waals surface area contributed by atoms with Crippen LogP contribution >= 0.6 is 15.9 Å². The molecule has 1 aromatic carbocycles. The van der Waals surface area contributed by atoms with Gasteiger partial charge in [-0.05, 0) is 28.1 Å². The summed E-state index contributed by atoms with van der Waals surface area (Å²) in [5, 5.41) is 0. The summed E-state index contributed by atoms with van der Waals surface area (Å²) >= 11 is 3.39. The van der Waals surface area contributed by atoms with E-state index in [2.05, 4.69) is 25.9 Å². The molecule has 1 heterocycles. The molecule has 0 spiro atoms. The van der Waals surface area contributed by atoms with Gasteiger partial charge >= 0.3 is 0 Å². The van der Waals surface area contributed by atoms with Gasteiger partial charge in [0.15, 0.2) is 5.82 Å². The van der Waals surface area contributed by atoms with Crippen molar-refractivity contribution in [2.75, 3.05) is 17.7 Å². The van der Waals surface area contributed by atoms with Gasteiger partial charge in [-0.15, -0.1) is 0 Å². The highest BCUT2D eigenvalue weighted by Crippen LogP contribution is 2.30. The molecule has 0 aliphatic rings. The largest absolute Gasteiger partial charge is 0.383 e. The highest BCUT2D eigenvalue weighted by Gasteiger charge is 2.11. The van der Waals surface area contributed by atoms with Crippen molar-refractivity contribution in [3.8, 4) is 0 Å². The van der Waals surface area contributed by atoms with Crippen LogP contribution in [0, 0.1) is 0 Å². The lowest BCUT2D eigenvalue weighted by molar-refractivity contribution is 1.07. The lowest BCUT2D eigenvalue weighted by atomic mass is 10.3. The second kappa shape index (κ2) is 4.49. The van der Waals surface area contributed by atoms with Gasteiger partial charge in [-0.25, -0.2) is 9.97 Å². The van der Waals surface area contributed by atoms with Crippen LogP contribution in [-0.4, -0.2) is 17.0 Å². The minimum atomic E-state index is 0.438. The molecule has 0 fully saturated rings. The molecule has 0 bridgehead atoms. The molecule has 5 heteroatoms. The summed E-state index contributed by atoms with van der Waals surface area (Å²) in [7, 11) is 1.93. The Hall–Kier alpha value is -1.62. The highest BCUT2D eigenvalue weighted by atomic mass is 79.9. The van der Waals surface area contributed by atoms with Gasteiger partial charge in [-0.3, -0.25) is 0 Å². The maximum Gasteiger partial charge on any atom is 0.152 e. The lowest BCUT2D eigenvalue weighted by Crippen LogP contribution is -2.12. The molecule has 0 aliphatic carbocycles. The van der Waals surface area contributed by atoms with Gasteiger partial charge in [0.2, 0.25) is 0 Å². The molecule has 0 saturated carbocycles. The molecule has 2 N–H and O–H groups in total. The zero-order valence-corrected chi connectivity index (χ0v) is 10.3. The van der Waals surface area contributed by atoms with Crippen LogP contribution in [-0.2, 0) is 0 Å². The van der Waals surface area contributed by atoms with Crippen LogP contribution in [0.5, 0.6) is 0 Å². The summed E-state index contributed by atoms with van der Waals surface area (Å²) in [5.74, 6) is 1.19. The van der Waals surface area contributed by atoms with E-state index in [4.69, 9.17) is 5.73 Å². The number of hydrogen-bond donors (Lipinski definition) is 1. The Morgan fingerprint density at radius 2 is 1.88 bits per heavy atom. The fourth-order valence-corrected chi connectivity index (χ4v) is 1.85. The van der Waals surface area contributed by atoms with Crippen molar-refractivity contribution in [3.05, 3.63) is 41.1 Å². The molecule has 16 heavy (non-hydrogen) atoms. The van der Waals surface area contributed by atoms with Gasteiger partial charge < -0.3 is 10.6 Å². The predicted molar refractivity (Wildman–Crippen MR) is 68.6 cm³/mol. The van der Waals surface area contributed by atoms with E-state index in [1.807, 2.05) is 42.3 Å². The predicted octanol–water partition coefficient (Wildman–Crippen LogP) is 2.59. The Morgan fingerprint density at radius 3 is 2.56 bits per heavy atom. The maximum atomic E-state index is 5.71. The van der Waals surface area contributed by atoms with Gasteiger partial charge in [0.1, 0.15) is 16.6 Å². The van der Waals surface area contributed by atoms with E-state index in [0.29, 0.717) is 10.3 Å². The number of para-hydroxylation sites is 1. The van der Waals surface area contributed by atoms with E-state index >= 15 is 0 Å². The normalized spacial score (nSPS) is 10.1. The first-order valence-electron chi connectivity index (χ1n) is 4.75. The standard InChI is InChI=1S/C11H11BrN4/c1-16(8-5-3-2-4-6-8)11-9(12)10(13)14-7-15-11/h2-7H,1H3,(H2,13,14,15). The molecule has 82 valence electrons. The molecular weight excluding hydrogens is 268 g/mol. The number of nitrogens with zero attached hydrogens (tertiary/aromatic N) is 3. The average Bonchev–Trinajstić information content (AvgIpc) is 2.33. The summed E-state index contributed by atoms with van der Waals surface area (Å²) in [5.41, 5.74) is 6.75. The van der Waals surface area contributed by atoms with E-state index in [9.17, 15) is 0 Å². The number of hydrogen-bond acceptors (Lipinski definition) is 4. The van der Waals surface area contributed by atoms with Crippen LogP contribution in [0.25, 0.3) is 0 Å². The van der Waals surface area contributed by atoms with Crippen LogP contribution in [0.15, 0.2) is 41.1 Å². The van der Waals surface area contributed by atoms with Crippen LogP contribution in [0.2, 0.25) is 0 Å². The second-order valence-electron chi connectivity index (χ2n) is 3.29. The third-order valence-electron chi connectivity index (χ3n) is 2.26. The molecule has 0 aliphatic heterocycles. The maximum absolute atomic E-state index is 5.71. The number of aromatic nitrogens is 2. The molecule has 0 radical (unpaired) electrons. The molecule has 2 rings (SSSR count). The van der Waals surface area contributed by atoms with Gasteiger partial charge in [0.25, 0.3) is 0 Å². The molecule has 0 saturated heterocycles. The van der Waals surface area contributed by atoms with E-state index in [-0.39, 0.29) is 0 Å². The number of anilines is 3. The van der Waals surface area contributed by atoms with Gasteiger partial charge in [0.05, 0.1) is 0 Å². The molecule has 4 nitrogen and oxygen atoms in total. The fraction of sp³-hybridized carbons (Fsp3) is 0.0909. The number of rotatable bonds is 2. The van der Waals surface area contributed by atoms with Crippen LogP contribution in [0.3, 0.4) is 0 Å². The molecule has 1 aromatic heterocycles. The quantitative estimate of drug-likeness (QED) is 0.918. The van der Waals surface area contributed by atoms with Crippen LogP contribution in [0.1, 0.15) is 0 Å². The molecule has 0 amide bonds. The minimum Gasteiger partial charge on any atom is -0.383 e. The Labute approximate surface area is 102 Å². The number of halogens is 1. The van der Waals surface area contributed by atoms with Crippen molar-refractivity contribution in [1.29, 1.82) is 0 Å². The van der Waals surface area contributed by atoms with E-state index in [0.717, 1.165) is 11.5 Å². The van der Waals surface area contributed by atoms with Crippen LogP contribution < -0.4 is 10.6 Å². The zero-order valence-electron chi connectivity index (χ0n) is 8.76. The minimum absolute atomic E-state index is 0.438. The first kappa shape index (κ1) is 10.9. The van der Waals surface area contributed by atoms with Crippen LogP contribution in [0.4, 0.5) is 17.3 Å². The average molecular weight is 279 g/mol. The van der Waals surface area contributed by atoms with Crippen molar-refractivity contribution in [2.45, 2.75) is 0 Å².